The first-order valence-electron chi connectivity index (χ1n) is 7.10. The minimum absolute atomic E-state index is 0.440. The molecule has 4 heteroatoms. The number of aromatic nitrogens is 1. The lowest BCUT2D eigenvalue weighted by Crippen LogP contribution is -2.21. The minimum Gasteiger partial charge on any atom is -0.387 e. The lowest BCUT2D eigenvalue weighted by molar-refractivity contribution is 0.224. The van der Waals surface area contributed by atoms with E-state index in [0.29, 0.717) is 6.42 Å². The molecule has 0 aromatic carbocycles. The molecule has 19 heavy (non-hydrogen) atoms. The Bertz CT molecular complexity index is 522. The number of aliphatic hydroxyl groups excluding tert-OH is 1. The lowest BCUT2D eigenvalue weighted by atomic mass is 10.0. The second kappa shape index (κ2) is 5.61. The third-order valence-electron chi connectivity index (χ3n) is 3.80. The first-order valence-corrected chi connectivity index (χ1v) is 7.10. The number of nitrogens with zero attached hydrogens (tertiary/aromatic N) is 3. The van der Waals surface area contributed by atoms with Crippen molar-refractivity contribution in [3.8, 4) is 0 Å². The van der Waals surface area contributed by atoms with Crippen LogP contribution in [0.1, 0.15) is 49.9 Å². The van der Waals surface area contributed by atoms with E-state index in [-0.39, 0.29) is 0 Å². The number of hydrogen-bond donors (Lipinski definition) is 1. The molecular weight excluding hydrogens is 238 g/mol. The highest BCUT2D eigenvalue weighted by Gasteiger charge is 2.21. The summed E-state index contributed by atoms with van der Waals surface area (Å²) in [6.07, 6.45) is 6.61. The van der Waals surface area contributed by atoms with Gasteiger partial charge in [0.15, 0.2) is 0 Å². The van der Waals surface area contributed by atoms with Crippen molar-refractivity contribution in [1.82, 2.24) is 4.98 Å². The summed E-state index contributed by atoms with van der Waals surface area (Å²) in [5.74, 6) is 0. The Morgan fingerprint density at radius 3 is 2.89 bits per heavy atom. The standard InChI is InChI=1S/C15H19N3O/c19-15-9-4-2-1-3-6-11-7-5-8-12(16-11)13-10-14(15)18-17-13/h5,7-8,15,19H,1-4,6,9-10H2. The fourth-order valence-corrected chi connectivity index (χ4v) is 2.64. The van der Waals surface area contributed by atoms with Gasteiger partial charge in [-0.05, 0) is 31.4 Å². The predicted molar refractivity (Wildman–Crippen MR) is 75.6 cm³/mol. The van der Waals surface area contributed by atoms with Crippen LogP contribution >= 0.6 is 0 Å². The number of aliphatic hydroxyl groups is 1. The molecule has 1 unspecified atom stereocenters. The second-order valence-electron chi connectivity index (χ2n) is 5.30. The molecular formula is C15H19N3O. The topological polar surface area (TPSA) is 57.8 Å². The molecule has 2 aliphatic heterocycles. The molecule has 2 aliphatic rings. The number of aryl methyl sites for hydroxylation is 1. The molecule has 0 spiro atoms. The van der Waals surface area contributed by atoms with Crippen LogP contribution in [-0.2, 0) is 6.42 Å². The monoisotopic (exact) mass is 257 g/mol. The summed E-state index contributed by atoms with van der Waals surface area (Å²) < 4.78 is 0. The summed E-state index contributed by atoms with van der Waals surface area (Å²) in [4.78, 5) is 4.65. The van der Waals surface area contributed by atoms with Crippen LogP contribution < -0.4 is 0 Å². The predicted octanol–water partition coefficient (Wildman–Crippen LogP) is 2.50. The van der Waals surface area contributed by atoms with Crippen molar-refractivity contribution in [2.24, 2.45) is 10.2 Å². The molecule has 1 aromatic rings. The molecule has 1 N–H and O–H groups in total. The number of rotatable bonds is 0. The first-order chi connectivity index (χ1) is 9.33. The molecule has 0 radical (unpaired) electrons. The van der Waals surface area contributed by atoms with Crippen molar-refractivity contribution in [2.75, 3.05) is 0 Å². The zero-order chi connectivity index (χ0) is 13.1. The summed E-state index contributed by atoms with van der Waals surface area (Å²) in [5.41, 5.74) is 3.72. The number of hydrogen-bond acceptors (Lipinski definition) is 4. The zero-order valence-corrected chi connectivity index (χ0v) is 11.0. The minimum atomic E-state index is -0.440. The van der Waals surface area contributed by atoms with E-state index in [0.717, 1.165) is 48.5 Å². The summed E-state index contributed by atoms with van der Waals surface area (Å²) in [6, 6.07) is 6.09. The van der Waals surface area contributed by atoms with Crippen molar-refractivity contribution < 1.29 is 5.11 Å². The van der Waals surface area contributed by atoms with Crippen LogP contribution in [0, 0.1) is 0 Å². The molecule has 0 amide bonds. The highest BCUT2D eigenvalue weighted by molar-refractivity contribution is 6.15. The van der Waals surface area contributed by atoms with E-state index < -0.39 is 6.10 Å². The van der Waals surface area contributed by atoms with Gasteiger partial charge in [0.1, 0.15) is 0 Å². The Hall–Kier alpha value is -1.55. The fourth-order valence-electron chi connectivity index (χ4n) is 2.64. The van der Waals surface area contributed by atoms with Crippen LogP contribution in [0.15, 0.2) is 28.4 Å². The summed E-state index contributed by atoms with van der Waals surface area (Å²) in [6.45, 7) is 0. The quantitative estimate of drug-likeness (QED) is 0.776. The smallest absolute Gasteiger partial charge is 0.0944 e. The van der Waals surface area contributed by atoms with Crippen LogP contribution in [0.4, 0.5) is 0 Å². The van der Waals surface area contributed by atoms with E-state index in [1.54, 1.807) is 0 Å². The van der Waals surface area contributed by atoms with Gasteiger partial charge in [-0.15, -0.1) is 0 Å². The van der Waals surface area contributed by atoms with Gasteiger partial charge in [0.05, 0.1) is 23.2 Å². The molecule has 0 aliphatic carbocycles. The number of fused-ring (bicyclic) bond motifs is 5. The Morgan fingerprint density at radius 1 is 1.05 bits per heavy atom. The Labute approximate surface area is 113 Å². The summed E-state index contributed by atoms with van der Waals surface area (Å²) in [5, 5.41) is 18.4. The van der Waals surface area contributed by atoms with Crippen LogP contribution in [0.2, 0.25) is 0 Å². The van der Waals surface area contributed by atoms with Crippen molar-refractivity contribution in [3.63, 3.8) is 0 Å². The van der Waals surface area contributed by atoms with Crippen molar-refractivity contribution in [3.05, 3.63) is 29.6 Å². The second-order valence-corrected chi connectivity index (χ2v) is 5.30. The molecule has 0 saturated heterocycles. The van der Waals surface area contributed by atoms with Crippen molar-refractivity contribution in [2.45, 2.75) is 51.0 Å². The van der Waals surface area contributed by atoms with E-state index in [9.17, 15) is 5.11 Å². The maximum absolute atomic E-state index is 10.1. The maximum atomic E-state index is 10.1. The van der Waals surface area contributed by atoms with Crippen molar-refractivity contribution >= 4 is 11.4 Å². The average molecular weight is 257 g/mol. The molecule has 0 saturated carbocycles. The van der Waals surface area contributed by atoms with Gasteiger partial charge in [0.2, 0.25) is 0 Å². The van der Waals surface area contributed by atoms with E-state index >= 15 is 0 Å². The van der Waals surface area contributed by atoms with Gasteiger partial charge in [-0.25, -0.2) is 0 Å². The third kappa shape index (κ3) is 2.89. The summed E-state index contributed by atoms with van der Waals surface area (Å²) >= 11 is 0. The van der Waals surface area contributed by atoms with Gasteiger partial charge in [0.25, 0.3) is 0 Å². The Morgan fingerprint density at radius 2 is 1.95 bits per heavy atom. The molecule has 4 nitrogen and oxygen atoms in total. The fraction of sp³-hybridized carbons (Fsp3) is 0.533. The highest BCUT2D eigenvalue weighted by Crippen LogP contribution is 2.18. The normalized spacial score (nSPS) is 23.7. The van der Waals surface area contributed by atoms with E-state index in [4.69, 9.17) is 0 Å². The van der Waals surface area contributed by atoms with Gasteiger partial charge in [0, 0.05) is 12.1 Å². The highest BCUT2D eigenvalue weighted by atomic mass is 16.3. The van der Waals surface area contributed by atoms with Gasteiger partial charge >= 0.3 is 0 Å². The Balaban J connectivity index is 1.84. The van der Waals surface area contributed by atoms with Gasteiger partial charge in [-0.1, -0.05) is 25.3 Å². The zero-order valence-electron chi connectivity index (χ0n) is 11.0. The molecule has 4 bridgehead atoms. The van der Waals surface area contributed by atoms with E-state index in [1.165, 1.54) is 12.8 Å². The molecule has 1 aromatic heterocycles. The first kappa shape index (κ1) is 12.5. The molecule has 3 rings (SSSR count). The SMILES string of the molecule is OC1CCCCCCc2cccc(n2)C2=NN=C1C2. The molecule has 0 fully saturated rings. The molecule has 1 atom stereocenters. The van der Waals surface area contributed by atoms with Crippen LogP contribution in [0.25, 0.3) is 0 Å². The third-order valence-corrected chi connectivity index (χ3v) is 3.80. The number of pyridine rings is 1. The van der Waals surface area contributed by atoms with Gasteiger partial charge < -0.3 is 5.11 Å². The van der Waals surface area contributed by atoms with Crippen LogP contribution in [0.3, 0.4) is 0 Å². The lowest BCUT2D eigenvalue weighted by Gasteiger charge is -2.09. The van der Waals surface area contributed by atoms with E-state index in [1.807, 2.05) is 12.1 Å². The van der Waals surface area contributed by atoms with E-state index in [2.05, 4.69) is 21.3 Å². The molecule has 3 heterocycles. The Kier molecular flexibility index (Phi) is 3.69. The average Bonchev–Trinajstić information content (AvgIpc) is 2.92. The van der Waals surface area contributed by atoms with Crippen molar-refractivity contribution in [1.29, 1.82) is 0 Å². The molecule has 100 valence electrons. The largest absolute Gasteiger partial charge is 0.387 e. The van der Waals surface area contributed by atoms with Gasteiger partial charge in [-0.2, -0.15) is 10.2 Å². The van der Waals surface area contributed by atoms with Crippen LogP contribution in [0.5, 0.6) is 0 Å². The van der Waals surface area contributed by atoms with Crippen LogP contribution in [-0.4, -0.2) is 27.6 Å². The van der Waals surface area contributed by atoms with Gasteiger partial charge in [-0.3, -0.25) is 4.98 Å². The summed E-state index contributed by atoms with van der Waals surface area (Å²) in [7, 11) is 0. The maximum Gasteiger partial charge on any atom is 0.0944 e.